The molecule has 0 atom stereocenters. The lowest BCUT2D eigenvalue weighted by Crippen LogP contribution is -2.44. The van der Waals surface area contributed by atoms with Crippen LogP contribution in [-0.4, -0.2) is 60.9 Å². The molecule has 186 valence electrons. The van der Waals surface area contributed by atoms with Crippen LogP contribution in [0.4, 0.5) is 5.69 Å². The number of rotatable bonds is 8. The maximum absolute atomic E-state index is 13.4. The topological polar surface area (TPSA) is 70.2 Å². The smallest absolute Gasteiger partial charge is 0.254 e. The van der Waals surface area contributed by atoms with Crippen LogP contribution in [0.1, 0.15) is 24.2 Å². The van der Waals surface area contributed by atoms with Crippen LogP contribution in [0.3, 0.4) is 0 Å². The van der Waals surface area contributed by atoms with Gasteiger partial charge in [0.05, 0.1) is 7.11 Å². The van der Waals surface area contributed by atoms with Gasteiger partial charge in [-0.3, -0.25) is 19.3 Å². The summed E-state index contributed by atoms with van der Waals surface area (Å²) in [6.45, 7) is 4.51. The third-order valence-corrected chi connectivity index (χ3v) is 6.11. The molecule has 0 unspecified atom stereocenters. The predicted molar refractivity (Wildman–Crippen MR) is 140 cm³/mol. The number of anilines is 1. The standard InChI is InChI=1S/C29H31N3O4/c1-21(2)17-30(29(35)24-11-9-23(10-12-24)22-7-5-4-6-8-22)18-27(33)31-19-28(34)32(20-31)25-13-15-26(36-3)16-14-25/h4-16,21H,17-20H2,1-3H3. The van der Waals surface area contributed by atoms with Crippen LogP contribution in [0.5, 0.6) is 5.75 Å². The third kappa shape index (κ3) is 5.74. The summed E-state index contributed by atoms with van der Waals surface area (Å²) in [5.41, 5.74) is 3.32. The van der Waals surface area contributed by atoms with E-state index >= 15 is 0 Å². The van der Waals surface area contributed by atoms with Gasteiger partial charge in [-0.15, -0.1) is 0 Å². The Kier molecular flexibility index (Phi) is 7.68. The van der Waals surface area contributed by atoms with E-state index in [1.54, 1.807) is 53.3 Å². The predicted octanol–water partition coefficient (Wildman–Crippen LogP) is 4.29. The van der Waals surface area contributed by atoms with E-state index in [0.29, 0.717) is 23.5 Å². The molecule has 1 saturated heterocycles. The summed E-state index contributed by atoms with van der Waals surface area (Å²) in [5.74, 6) is 0.259. The minimum absolute atomic E-state index is 0.0135. The quantitative estimate of drug-likeness (QED) is 0.477. The first-order chi connectivity index (χ1) is 17.4. The summed E-state index contributed by atoms with van der Waals surface area (Å²) in [7, 11) is 1.58. The molecular formula is C29H31N3O4. The highest BCUT2D eigenvalue weighted by molar-refractivity contribution is 6.01. The first-order valence-corrected chi connectivity index (χ1v) is 12.0. The maximum atomic E-state index is 13.4. The van der Waals surface area contributed by atoms with Crippen molar-refractivity contribution < 1.29 is 19.1 Å². The Morgan fingerprint density at radius 2 is 1.56 bits per heavy atom. The molecule has 0 aliphatic carbocycles. The van der Waals surface area contributed by atoms with Crippen molar-refractivity contribution in [2.24, 2.45) is 5.92 Å². The fourth-order valence-corrected chi connectivity index (χ4v) is 4.24. The van der Waals surface area contributed by atoms with E-state index in [0.717, 1.165) is 11.1 Å². The van der Waals surface area contributed by atoms with Gasteiger partial charge in [-0.05, 0) is 53.4 Å². The Morgan fingerprint density at radius 3 is 2.17 bits per heavy atom. The van der Waals surface area contributed by atoms with E-state index in [9.17, 15) is 14.4 Å². The number of ether oxygens (including phenoxy) is 1. The van der Waals surface area contributed by atoms with Gasteiger partial charge in [0.15, 0.2) is 0 Å². The molecule has 1 fully saturated rings. The molecule has 1 aliphatic heterocycles. The van der Waals surface area contributed by atoms with Crippen LogP contribution in [0.2, 0.25) is 0 Å². The third-order valence-electron chi connectivity index (χ3n) is 6.11. The van der Waals surface area contributed by atoms with E-state index in [1.807, 2.05) is 56.3 Å². The van der Waals surface area contributed by atoms with Crippen molar-refractivity contribution in [3.8, 4) is 16.9 Å². The van der Waals surface area contributed by atoms with E-state index in [2.05, 4.69) is 0 Å². The SMILES string of the molecule is COc1ccc(N2CN(C(=O)CN(CC(C)C)C(=O)c3ccc(-c4ccccc4)cc3)CC2=O)cc1. The van der Waals surface area contributed by atoms with Gasteiger partial charge in [0.2, 0.25) is 11.8 Å². The first kappa shape index (κ1) is 25.0. The highest BCUT2D eigenvalue weighted by Crippen LogP contribution is 2.23. The zero-order chi connectivity index (χ0) is 25.7. The molecule has 0 aromatic heterocycles. The summed E-state index contributed by atoms with van der Waals surface area (Å²) in [4.78, 5) is 43.8. The summed E-state index contributed by atoms with van der Waals surface area (Å²) in [5, 5.41) is 0. The lowest BCUT2D eigenvalue weighted by atomic mass is 10.0. The Morgan fingerprint density at radius 1 is 0.917 bits per heavy atom. The molecule has 0 N–H and O–H groups in total. The van der Waals surface area contributed by atoms with Crippen molar-refractivity contribution in [3.63, 3.8) is 0 Å². The van der Waals surface area contributed by atoms with Gasteiger partial charge < -0.3 is 14.5 Å². The molecule has 0 radical (unpaired) electrons. The van der Waals surface area contributed by atoms with Crippen LogP contribution in [0.15, 0.2) is 78.9 Å². The van der Waals surface area contributed by atoms with Gasteiger partial charge in [0.1, 0.15) is 25.5 Å². The van der Waals surface area contributed by atoms with E-state index in [-0.39, 0.29) is 43.4 Å². The Hall–Kier alpha value is -4.13. The average Bonchev–Trinajstić information content (AvgIpc) is 3.30. The number of hydrogen-bond donors (Lipinski definition) is 0. The number of benzene rings is 3. The van der Waals surface area contributed by atoms with Crippen molar-refractivity contribution in [3.05, 3.63) is 84.4 Å². The molecule has 36 heavy (non-hydrogen) atoms. The first-order valence-electron chi connectivity index (χ1n) is 12.0. The zero-order valence-corrected chi connectivity index (χ0v) is 20.9. The van der Waals surface area contributed by atoms with Crippen molar-refractivity contribution in [2.75, 3.05) is 38.3 Å². The molecule has 3 amide bonds. The van der Waals surface area contributed by atoms with Gasteiger partial charge >= 0.3 is 0 Å². The molecule has 3 aromatic rings. The van der Waals surface area contributed by atoms with E-state index < -0.39 is 0 Å². The van der Waals surface area contributed by atoms with Gasteiger partial charge in [-0.1, -0.05) is 56.3 Å². The number of amides is 3. The summed E-state index contributed by atoms with van der Waals surface area (Å²) < 4.78 is 5.18. The second kappa shape index (κ2) is 11.1. The van der Waals surface area contributed by atoms with E-state index in [1.165, 1.54) is 4.90 Å². The normalized spacial score (nSPS) is 13.3. The van der Waals surface area contributed by atoms with Crippen molar-refractivity contribution in [2.45, 2.75) is 13.8 Å². The van der Waals surface area contributed by atoms with Gasteiger partial charge in [-0.25, -0.2) is 0 Å². The van der Waals surface area contributed by atoms with Gasteiger partial charge in [-0.2, -0.15) is 0 Å². The van der Waals surface area contributed by atoms with Crippen LogP contribution >= 0.6 is 0 Å². The van der Waals surface area contributed by atoms with Crippen LogP contribution in [0, 0.1) is 5.92 Å². The lowest BCUT2D eigenvalue weighted by Gasteiger charge is -2.26. The monoisotopic (exact) mass is 485 g/mol. The van der Waals surface area contributed by atoms with Crippen molar-refractivity contribution >= 4 is 23.4 Å². The highest BCUT2D eigenvalue weighted by atomic mass is 16.5. The average molecular weight is 486 g/mol. The number of hydrogen-bond acceptors (Lipinski definition) is 4. The molecule has 4 rings (SSSR count). The van der Waals surface area contributed by atoms with Crippen LogP contribution in [-0.2, 0) is 9.59 Å². The largest absolute Gasteiger partial charge is 0.497 e. The Balaban J connectivity index is 1.45. The maximum Gasteiger partial charge on any atom is 0.254 e. The summed E-state index contributed by atoms with van der Waals surface area (Å²) in [6.07, 6.45) is 0. The molecule has 7 nitrogen and oxygen atoms in total. The zero-order valence-electron chi connectivity index (χ0n) is 20.9. The number of methoxy groups -OCH3 is 1. The second-order valence-corrected chi connectivity index (χ2v) is 9.28. The molecule has 0 spiro atoms. The summed E-state index contributed by atoms with van der Waals surface area (Å²) >= 11 is 0. The van der Waals surface area contributed by atoms with Gasteiger partial charge in [0, 0.05) is 17.8 Å². The van der Waals surface area contributed by atoms with Crippen molar-refractivity contribution in [1.82, 2.24) is 9.80 Å². The Labute approximate surface area is 211 Å². The molecule has 0 bridgehead atoms. The number of carbonyl (C=O) groups is 3. The minimum Gasteiger partial charge on any atom is -0.497 e. The number of carbonyl (C=O) groups excluding carboxylic acids is 3. The van der Waals surface area contributed by atoms with Crippen LogP contribution in [0.25, 0.3) is 11.1 Å². The fraction of sp³-hybridized carbons (Fsp3) is 0.276. The lowest BCUT2D eigenvalue weighted by molar-refractivity contribution is -0.132. The molecule has 7 heteroatoms. The molecular weight excluding hydrogens is 454 g/mol. The highest BCUT2D eigenvalue weighted by Gasteiger charge is 2.33. The molecule has 1 aliphatic rings. The molecule has 1 heterocycles. The fourth-order valence-electron chi connectivity index (χ4n) is 4.24. The van der Waals surface area contributed by atoms with E-state index in [4.69, 9.17) is 4.74 Å². The second-order valence-electron chi connectivity index (χ2n) is 9.28. The van der Waals surface area contributed by atoms with Gasteiger partial charge in [0.25, 0.3) is 5.91 Å². The molecule has 0 saturated carbocycles. The molecule has 3 aromatic carbocycles. The van der Waals surface area contributed by atoms with Crippen molar-refractivity contribution in [1.29, 1.82) is 0 Å². The Bertz CT molecular complexity index is 1210. The minimum atomic E-state index is -0.255. The summed E-state index contributed by atoms with van der Waals surface area (Å²) in [6, 6.07) is 24.5. The number of nitrogens with zero attached hydrogens (tertiary/aromatic N) is 3. The van der Waals surface area contributed by atoms with Crippen LogP contribution < -0.4 is 9.64 Å².